The molecule has 1 fully saturated rings. The van der Waals surface area contributed by atoms with E-state index >= 15 is 0 Å². The van der Waals surface area contributed by atoms with Gasteiger partial charge in [0.2, 0.25) is 0 Å². The molecule has 0 atom stereocenters. The summed E-state index contributed by atoms with van der Waals surface area (Å²) in [5.41, 5.74) is 2.94. The monoisotopic (exact) mass is 384 g/mol. The minimum absolute atomic E-state index is 0.125. The van der Waals surface area contributed by atoms with Crippen LogP contribution in [-0.2, 0) is 30.7 Å². The molecule has 1 aromatic carbocycles. The van der Waals surface area contributed by atoms with Crippen LogP contribution >= 0.6 is 0 Å². The van der Waals surface area contributed by atoms with Crippen LogP contribution in [0.5, 0.6) is 0 Å². The molecule has 0 aliphatic carbocycles. The summed E-state index contributed by atoms with van der Waals surface area (Å²) in [5.74, 6) is 1.16. The van der Waals surface area contributed by atoms with Gasteiger partial charge in [-0.1, -0.05) is 12.1 Å². The van der Waals surface area contributed by atoms with Crippen molar-refractivity contribution in [2.75, 3.05) is 19.8 Å². The molecule has 7 heteroatoms. The molecule has 2 aliphatic rings. The molecule has 0 saturated carbocycles. The molecule has 2 amide bonds. The van der Waals surface area contributed by atoms with E-state index in [1.54, 1.807) is 17.0 Å². The maximum atomic E-state index is 13.0. The molecule has 0 radical (unpaired) electrons. The molecule has 0 spiro atoms. The molecule has 4 rings (SSSR count). The Hall–Kier alpha value is -2.54. The van der Waals surface area contributed by atoms with Crippen molar-refractivity contribution in [2.45, 2.75) is 38.8 Å². The summed E-state index contributed by atoms with van der Waals surface area (Å²) in [6.45, 7) is 3.15. The third-order valence-corrected chi connectivity index (χ3v) is 5.45. The number of benzene rings is 1. The van der Waals surface area contributed by atoms with Gasteiger partial charge >= 0.3 is 6.03 Å². The van der Waals surface area contributed by atoms with Crippen molar-refractivity contribution in [3.8, 4) is 0 Å². The lowest BCUT2D eigenvalue weighted by molar-refractivity contribution is 0.0659. The number of nitrogens with one attached hydrogen (secondary N) is 1. The molecule has 148 valence electrons. The van der Waals surface area contributed by atoms with Crippen molar-refractivity contribution in [1.29, 1.82) is 0 Å². The number of hydrogen-bond acceptors (Lipinski definition) is 4. The first-order valence-corrected chi connectivity index (χ1v) is 9.86. The number of aromatic nitrogens is 2. The zero-order valence-electron chi connectivity index (χ0n) is 15.9. The molecular weight excluding hydrogens is 359 g/mol. The molecule has 1 saturated heterocycles. The maximum Gasteiger partial charge on any atom is 0.318 e. The lowest BCUT2D eigenvalue weighted by Crippen LogP contribution is -2.42. The first kappa shape index (κ1) is 18.8. The summed E-state index contributed by atoms with van der Waals surface area (Å²) in [6, 6.07) is 6.03. The van der Waals surface area contributed by atoms with Gasteiger partial charge in [0.15, 0.2) is 0 Å². The number of amides is 2. The first-order chi connectivity index (χ1) is 13.7. The lowest BCUT2D eigenvalue weighted by Gasteiger charge is -2.28. The van der Waals surface area contributed by atoms with Crippen molar-refractivity contribution in [3.63, 3.8) is 0 Å². The van der Waals surface area contributed by atoms with E-state index < -0.39 is 0 Å². The highest BCUT2D eigenvalue weighted by molar-refractivity contribution is 5.74. The van der Waals surface area contributed by atoms with Crippen LogP contribution in [0.2, 0.25) is 0 Å². The van der Waals surface area contributed by atoms with E-state index in [1.165, 1.54) is 12.1 Å². The Kier molecular flexibility index (Phi) is 5.81. The van der Waals surface area contributed by atoms with Crippen LogP contribution in [0, 0.1) is 11.7 Å². The Morgan fingerprint density at radius 2 is 2.04 bits per heavy atom. The summed E-state index contributed by atoms with van der Waals surface area (Å²) in [6.07, 6.45) is 5.66. The average Bonchev–Trinajstić information content (AvgIpc) is 2.73. The van der Waals surface area contributed by atoms with Crippen LogP contribution in [0.3, 0.4) is 0 Å². The lowest BCUT2D eigenvalue weighted by atomic mass is 9.96. The predicted octanol–water partition coefficient (Wildman–Crippen LogP) is 2.85. The molecule has 3 heterocycles. The Bertz CT molecular complexity index is 822. The van der Waals surface area contributed by atoms with E-state index in [0.717, 1.165) is 61.5 Å². The van der Waals surface area contributed by atoms with Gasteiger partial charge in [0.05, 0.1) is 12.2 Å². The van der Waals surface area contributed by atoms with Gasteiger partial charge in [-0.25, -0.2) is 19.2 Å². The molecule has 1 N–H and O–H groups in total. The third-order valence-electron chi connectivity index (χ3n) is 5.45. The normalized spacial score (nSPS) is 17.2. The van der Waals surface area contributed by atoms with Crippen molar-refractivity contribution in [3.05, 3.63) is 58.9 Å². The molecule has 0 unspecified atom stereocenters. The van der Waals surface area contributed by atoms with E-state index in [4.69, 9.17) is 9.72 Å². The minimum Gasteiger partial charge on any atom is -0.381 e. The van der Waals surface area contributed by atoms with Crippen LogP contribution in [0.1, 0.15) is 35.5 Å². The number of rotatable bonds is 4. The van der Waals surface area contributed by atoms with Crippen molar-refractivity contribution >= 4 is 6.03 Å². The van der Waals surface area contributed by atoms with E-state index in [2.05, 4.69) is 10.3 Å². The zero-order valence-corrected chi connectivity index (χ0v) is 15.9. The van der Waals surface area contributed by atoms with Gasteiger partial charge in [-0.15, -0.1) is 0 Å². The largest absolute Gasteiger partial charge is 0.381 e. The highest BCUT2D eigenvalue weighted by Crippen LogP contribution is 2.21. The molecule has 2 aliphatic heterocycles. The number of urea groups is 1. The van der Waals surface area contributed by atoms with Gasteiger partial charge in [-0.2, -0.15) is 0 Å². The van der Waals surface area contributed by atoms with Gasteiger partial charge < -0.3 is 15.0 Å². The Morgan fingerprint density at radius 1 is 1.25 bits per heavy atom. The molecule has 2 aromatic rings. The number of carbonyl (C=O) groups is 1. The van der Waals surface area contributed by atoms with Crippen LogP contribution in [0.15, 0.2) is 30.5 Å². The summed E-state index contributed by atoms with van der Waals surface area (Å²) >= 11 is 0. The fourth-order valence-corrected chi connectivity index (χ4v) is 3.72. The van der Waals surface area contributed by atoms with Gasteiger partial charge in [-0.3, -0.25) is 0 Å². The van der Waals surface area contributed by atoms with Crippen molar-refractivity contribution in [1.82, 2.24) is 20.2 Å². The number of fused-ring (bicyclic) bond motifs is 1. The molecule has 1 aromatic heterocycles. The van der Waals surface area contributed by atoms with E-state index in [1.807, 2.05) is 6.20 Å². The zero-order chi connectivity index (χ0) is 19.3. The number of hydrogen-bond donors (Lipinski definition) is 1. The SMILES string of the molecule is O=C(NCc1ccc(F)cc1)N1CCc2cnc(CC3CCOCC3)nc2C1. The van der Waals surface area contributed by atoms with Crippen molar-refractivity contribution in [2.24, 2.45) is 5.92 Å². The topological polar surface area (TPSA) is 67.4 Å². The maximum absolute atomic E-state index is 13.0. The smallest absolute Gasteiger partial charge is 0.318 e. The molecule has 28 heavy (non-hydrogen) atoms. The summed E-state index contributed by atoms with van der Waals surface area (Å²) < 4.78 is 18.4. The van der Waals surface area contributed by atoms with E-state index in [0.29, 0.717) is 25.6 Å². The van der Waals surface area contributed by atoms with E-state index in [9.17, 15) is 9.18 Å². The van der Waals surface area contributed by atoms with Crippen LogP contribution < -0.4 is 5.32 Å². The predicted molar refractivity (Wildman–Crippen MR) is 102 cm³/mol. The molecular formula is C21H25FN4O2. The second kappa shape index (κ2) is 8.65. The third kappa shape index (κ3) is 4.65. The van der Waals surface area contributed by atoms with E-state index in [-0.39, 0.29) is 11.8 Å². The highest BCUT2D eigenvalue weighted by Gasteiger charge is 2.23. The second-order valence-electron chi connectivity index (χ2n) is 7.47. The average molecular weight is 384 g/mol. The summed E-state index contributed by atoms with van der Waals surface area (Å²) in [4.78, 5) is 23.6. The van der Waals surface area contributed by atoms with Gasteiger partial charge in [0.1, 0.15) is 11.6 Å². The Balaban J connectivity index is 1.35. The number of ether oxygens (including phenoxy) is 1. The summed E-state index contributed by atoms with van der Waals surface area (Å²) in [7, 11) is 0. The van der Waals surface area contributed by atoms with Gasteiger partial charge in [-0.05, 0) is 48.4 Å². The number of nitrogens with zero attached hydrogens (tertiary/aromatic N) is 3. The van der Waals surface area contributed by atoms with Crippen molar-refractivity contribution < 1.29 is 13.9 Å². The Morgan fingerprint density at radius 3 is 2.82 bits per heavy atom. The number of carbonyl (C=O) groups excluding carboxylic acids is 1. The fourth-order valence-electron chi connectivity index (χ4n) is 3.72. The van der Waals surface area contributed by atoms with Gasteiger partial charge in [0.25, 0.3) is 0 Å². The summed E-state index contributed by atoms with van der Waals surface area (Å²) in [5, 5.41) is 2.91. The van der Waals surface area contributed by atoms with Gasteiger partial charge in [0, 0.05) is 38.9 Å². The fraction of sp³-hybridized carbons (Fsp3) is 0.476. The molecule has 0 bridgehead atoms. The first-order valence-electron chi connectivity index (χ1n) is 9.86. The second-order valence-corrected chi connectivity index (χ2v) is 7.47. The standard InChI is InChI=1S/C21H25FN4O2/c22-18-3-1-16(2-4-18)12-24-21(27)26-8-5-17-13-23-20(25-19(17)14-26)11-15-6-9-28-10-7-15/h1-4,13,15H,5-12,14H2,(H,24,27). The highest BCUT2D eigenvalue weighted by atomic mass is 19.1. The Labute approximate surface area is 164 Å². The molecule has 6 nitrogen and oxygen atoms in total. The number of halogens is 1. The van der Waals surface area contributed by atoms with Crippen LogP contribution in [0.25, 0.3) is 0 Å². The minimum atomic E-state index is -0.279. The quantitative estimate of drug-likeness (QED) is 0.880. The van der Waals surface area contributed by atoms with Crippen LogP contribution in [0.4, 0.5) is 9.18 Å². The van der Waals surface area contributed by atoms with Crippen LogP contribution in [-0.4, -0.2) is 40.7 Å².